The molecule has 176 valence electrons. The highest BCUT2D eigenvalue weighted by molar-refractivity contribution is 7.84. The van der Waals surface area contributed by atoms with Crippen molar-refractivity contribution < 1.29 is 13.3 Å². The first kappa shape index (κ1) is 22.3. The number of hydrogen-bond acceptors (Lipinski definition) is 5. The van der Waals surface area contributed by atoms with E-state index in [-0.39, 0.29) is 16.7 Å². The number of aromatic amines is 1. The van der Waals surface area contributed by atoms with Crippen LogP contribution < -0.4 is 15.2 Å². The highest BCUT2D eigenvalue weighted by Gasteiger charge is 2.57. The molecule has 1 aliphatic heterocycles. The van der Waals surface area contributed by atoms with Crippen LogP contribution in [0.1, 0.15) is 45.1 Å². The van der Waals surface area contributed by atoms with Gasteiger partial charge in [-0.05, 0) is 56.1 Å². The van der Waals surface area contributed by atoms with Gasteiger partial charge >= 0.3 is 0 Å². The molecule has 2 unspecified atom stereocenters. The van der Waals surface area contributed by atoms with Crippen LogP contribution in [0, 0.1) is 11.2 Å². The first-order valence-corrected chi connectivity index (χ1v) is 12.9. The summed E-state index contributed by atoms with van der Waals surface area (Å²) < 4.78 is 32.8. The number of hydrogen-bond donors (Lipinski definition) is 2. The summed E-state index contributed by atoms with van der Waals surface area (Å²) in [6.45, 7) is 5.34. The normalized spacial score (nSPS) is 19.7. The maximum absolute atomic E-state index is 14.1. The van der Waals surface area contributed by atoms with Crippen molar-refractivity contribution >= 4 is 27.5 Å². The van der Waals surface area contributed by atoms with Gasteiger partial charge in [0.2, 0.25) is 0 Å². The molecule has 2 aromatic carbocycles. The zero-order valence-corrected chi connectivity index (χ0v) is 20.2. The Morgan fingerprint density at radius 3 is 2.85 bits per heavy atom. The molecule has 1 fully saturated rings. The zero-order valence-electron chi connectivity index (χ0n) is 19.4. The molecule has 1 saturated carbocycles. The van der Waals surface area contributed by atoms with Crippen molar-refractivity contribution in [3.05, 3.63) is 47.8 Å². The number of H-pyrrole nitrogens is 1. The van der Waals surface area contributed by atoms with Crippen LogP contribution in [0.15, 0.2) is 41.6 Å². The van der Waals surface area contributed by atoms with Crippen LogP contribution in [0.5, 0.6) is 5.75 Å². The molecule has 2 N–H and O–H groups in total. The first-order valence-electron chi connectivity index (χ1n) is 11.6. The third kappa shape index (κ3) is 3.93. The van der Waals surface area contributed by atoms with Crippen molar-refractivity contribution in [1.29, 1.82) is 0 Å². The van der Waals surface area contributed by atoms with Crippen LogP contribution in [-0.4, -0.2) is 39.1 Å². The van der Waals surface area contributed by atoms with Gasteiger partial charge in [-0.2, -0.15) is 0 Å². The summed E-state index contributed by atoms with van der Waals surface area (Å²) in [6, 6.07) is 11.4. The molecule has 0 spiro atoms. The fourth-order valence-electron chi connectivity index (χ4n) is 5.28. The van der Waals surface area contributed by atoms with Gasteiger partial charge < -0.3 is 14.7 Å². The number of para-hydroxylation sites is 1. The number of ether oxygens (including phenoxy) is 1. The third-order valence-corrected chi connectivity index (χ3v) is 9.03. The number of fused-ring (bicyclic) bond motifs is 2. The molecule has 2 heterocycles. The van der Waals surface area contributed by atoms with E-state index < -0.39 is 16.6 Å². The summed E-state index contributed by atoms with van der Waals surface area (Å²) in [5, 5.41) is 2.63. The summed E-state index contributed by atoms with van der Waals surface area (Å²) in [6.07, 6.45) is 5.41. The molecule has 6 nitrogen and oxygen atoms in total. The SMILES string of the molecule is CCC1(C(C)(CS(=O)c2nc3cc(OC)c(F)cc3[nH]2)NN2CCCc3ccccc32)CC1. The molecule has 0 bridgehead atoms. The molecular formula is C25H31FN4O2S. The number of rotatable bonds is 8. The quantitative estimate of drug-likeness (QED) is 0.498. The van der Waals surface area contributed by atoms with Gasteiger partial charge in [0.05, 0.1) is 45.9 Å². The number of anilines is 1. The molecular weight excluding hydrogens is 439 g/mol. The van der Waals surface area contributed by atoms with Gasteiger partial charge in [0.15, 0.2) is 16.7 Å². The van der Waals surface area contributed by atoms with Crippen LogP contribution in [0.2, 0.25) is 0 Å². The number of aromatic nitrogens is 2. The summed E-state index contributed by atoms with van der Waals surface area (Å²) >= 11 is 0. The zero-order chi connectivity index (χ0) is 23.2. The van der Waals surface area contributed by atoms with Crippen LogP contribution in [0.4, 0.5) is 10.1 Å². The van der Waals surface area contributed by atoms with E-state index in [1.54, 1.807) is 6.07 Å². The van der Waals surface area contributed by atoms with E-state index in [1.165, 1.54) is 24.4 Å². The largest absolute Gasteiger partial charge is 0.494 e. The minimum Gasteiger partial charge on any atom is -0.494 e. The Morgan fingerprint density at radius 1 is 1.33 bits per heavy atom. The number of hydrazine groups is 1. The molecule has 33 heavy (non-hydrogen) atoms. The third-order valence-electron chi connectivity index (χ3n) is 7.56. The minimum atomic E-state index is -1.39. The minimum absolute atomic E-state index is 0.0936. The Hall–Kier alpha value is -2.45. The number of imidazole rings is 1. The Balaban J connectivity index is 1.44. The van der Waals surface area contributed by atoms with Crippen molar-refractivity contribution in [2.75, 3.05) is 24.4 Å². The fraction of sp³-hybridized carbons (Fsp3) is 0.480. The van der Waals surface area contributed by atoms with E-state index in [1.807, 2.05) is 0 Å². The summed E-state index contributed by atoms with van der Waals surface area (Å²) in [7, 11) is 0.0323. The Morgan fingerprint density at radius 2 is 2.12 bits per heavy atom. The highest BCUT2D eigenvalue weighted by Crippen LogP contribution is 2.57. The lowest BCUT2D eigenvalue weighted by Crippen LogP contribution is -2.61. The molecule has 2 aliphatic rings. The number of nitrogens with one attached hydrogen (secondary N) is 2. The van der Waals surface area contributed by atoms with Crippen LogP contribution in [0.25, 0.3) is 11.0 Å². The molecule has 8 heteroatoms. The molecule has 0 radical (unpaired) electrons. The van der Waals surface area contributed by atoms with Gasteiger partial charge in [-0.15, -0.1) is 0 Å². The molecule has 0 amide bonds. The Kier molecular flexibility index (Phi) is 5.69. The van der Waals surface area contributed by atoms with Crippen molar-refractivity contribution in [1.82, 2.24) is 15.4 Å². The highest BCUT2D eigenvalue weighted by atomic mass is 32.2. The smallest absolute Gasteiger partial charge is 0.197 e. The van der Waals surface area contributed by atoms with E-state index in [0.29, 0.717) is 21.9 Å². The standard InChI is InChI=1S/C25H31FN4O2S/c1-4-25(11-12-25)24(2,29-30-13-7-9-17-8-5-6-10-21(17)30)16-33(31)23-27-19-14-18(26)22(32-3)15-20(19)28-23/h5-6,8,10,14-15,29H,4,7,9,11-13,16H2,1-3H3,(H,27,28). The lowest BCUT2D eigenvalue weighted by Gasteiger charge is -2.45. The molecule has 2 atom stereocenters. The number of methoxy groups -OCH3 is 1. The lowest BCUT2D eigenvalue weighted by molar-refractivity contribution is 0.217. The number of nitrogens with zero attached hydrogens (tertiary/aromatic N) is 2. The second kappa shape index (κ2) is 8.40. The maximum Gasteiger partial charge on any atom is 0.197 e. The fourth-order valence-corrected chi connectivity index (χ4v) is 6.74. The molecule has 5 rings (SSSR count). The predicted molar refractivity (Wildman–Crippen MR) is 129 cm³/mol. The second-order valence-corrected chi connectivity index (χ2v) is 10.9. The Bertz CT molecular complexity index is 1210. The topological polar surface area (TPSA) is 70.2 Å². The maximum atomic E-state index is 14.1. The van der Waals surface area contributed by atoms with E-state index in [0.717, 1.165) is 38.6 Å². The summed E-state index contributed by atoms with van der Waals surface area (Å²) in [5.74, 6) is 0.0764. The van der Waals surface area contributed by atoms with Crippen molar-refractivity contribution in [2.24, 2.45) is 5.41 Å². The second-order valence-electron chi connectivity index (χ2n) is 9.50. The lowest BCUT2D eigenvalue weighted by atomic mass is 9.82. The molecule has 1 aromatic heterocycles. The predicted octanol–water partition coefficient (Wildman–Crippen LogP) is 4.72. The molecule has 0 saturated heterocycles. The van der Waals surface area contributed by atoms with E-state index >= 15 is 0 Å². The van der Waals surface area contributed by atoms with Crippen LogP contribution in [0.3, 0.4) is 0 Å². The molecule has 3 aromatic rings. The van der Waals surface area contributed by atoms with Crippen molar-refractivity contribution in [3.8, 4) is 5.75 Å². The summed E-state index contributed by atoms with van der Waals surface area (Å²) in [5.41, 5.74) is 7.16. The van der Waals surface area contributed by atoms with Crippen molar-refractivity contribution in [2.45, 2.75) is 56.6 Å². The van der Waals surface area contributed by atoms with E-state index in [9.17, 15) is 8.60 Å². The van der Waals surface area contributed by atoms with E-state index in [2.05, 4.69) is 58.5 Å². The molecule has 1 aliphatic carbocycles. The Labute approximate surface area is 196 Å². The number of halogens is 1. The van der Waals surface area contributed by atoms with Crippen LogP contribution >= 0.6 is 0 Å². The first-order chi connectivity index (χ1) is 15.9. The van der Waals surface area contributed by atoms with Gasteiger partial charge in [0.1, 0.15) is 0 Å². The average Bonchev–Trinajstić information content (AvgIpc) is 3.53. The average molecular weight is 471 g/mol. The monoisotopic (exact) mass is 470 g/mol. The van der Waals surface area contributed by atoms with Gasteiger partial charge in [-0.3, -0.25) is 4.21 Å². The summed E-state index contributed by atoms with van der Waals surface area (Å²) in [4.78, 5) is 7.58. The number of aryl methyl sites for hydroxylation is 1. The van der Waals surface area contributed by atoms with Gasteiger partial charge in [0.25, 0.3) is 0 Å². The van der Waals surface area contributed by atoms with Gasteiger partial charge in [-0.25, -0.2) is 14.8 Å². The van der Waals surface area contributed by atoms with Gasteiger partial charge in [0, 0.05) is 18.7 Å². The number of benzene rings is 2. The van der Waals surface area contributed by atoms with E-state index in [4.69, 9.17) is 4.74 Å². The van der Waals surface area contributed by atoms with Crippen LogP contribution in [-0.2, 0) is 17.2 Å². The van der Waals surface area contributed by atoms with Crippen molar-refractivity contribution in [3.63, 3.8) is 0 Å². The van der Waals surface area contributed by atoms with Gasteiger partial charge in [-0.1, -0.05) is 25.1 Å².